The van der Waals surface area contributed by atoms with Gasteiger partial charge in [0.2, 0.25) is 5.95 Å². The summed E-state index contributed by atoms with van der Waals surface area (Å²) in [6.45, 7) is 3.62. The molecule has 0 aliphatic carbocycles. The van der Waals surface area contributed by atoms with Crippen molar-refractivity contribution >= 4 is 22.7 Å². The summed E-state index contributed by atoms with van der Waals surface area (Å²) < 4.78 is 8.10. The Morgan fingerprint density at radius 2 is 1.93 bits per heavy atom. The average molecular weight is 395 g/mol. The third-order valence-electron chi connectivity index (χ3n) is 5.96. The van der Waals surface area contributed by atoms with Gasteiger partial charge in [-0.05, 0) is 56.6 Å². The van der Waals surface area contributed by atoms with Crippen LogP contribution in [0.5, 0.6) is 0 Å². The van der Waals surface area contributed by atoms with Gasteiger partial charge in [0.25, 0.3) is 0 Å². The number of ether oxygens (including phenoxy) is 1. The molecule has 0 radical (unpaired) electrons. The highest BCUT2D eigenvalue weighted by atomic mass is 16.5. The number of benzene rings is 1. The van der Waals surface area contributed by atoms with Crippen molar-refractivity contribution in [3.8, 4) is 0 Å². The van der Waals surface area contributed by atoms with E-state index in [0.717, 1.165) is 55.6 Å². The molecule has 1 aliphatic heterocycles. The van der Waals surface area contributed by atoms with Gasteiger partial charge in [-0.1, -0.05) is 12.1 Å². The van der Waals surface area contributed by atoms with E-state index in [-0.39, 0.29) is 5.60 Å². The largest absolute Gasteiger partial charge is 0.373 e. The molecule has 0 spiro atoms. The molecule has 0 atom stereocenters. The third kappa shape index (κ3) is 4.12. The second kappa shape index (κ2) is 8.49. The van der Waals surface area contributed by atoms with E-state index in [2.05, 4.69) is 51.1 Å². The standard InChI is InChI=1S/C22H30N6O/c1-27-14-9-22(29-2,10-15-27)18-4-6-19(7-5-18)25-21-24-16-17-8-13-28(12-3-11-23)20(17)26-21/h4-8,13,16H,3,9-12,14-15,23H2,1-2H3,(H,24,25,26). The zero-order valence-corrected chi connectivity index (χ0v) is 17.3. The fourth-order valence-electron chi connectivity index (χ4n) is 4.05. The molecule has 0 unspecified atom stereocenters. The van der Waals surface area contributed by atoms with Crippen molar-refractivity contribution in [1.29, 1.82) is 0 Å². The Labute approximate surface area is 171 Å². The molecule has 1 saturated heterocycles. The van der Waals surface area contributed by atoms with Crippen LogP contribution in [0, 0.1) is 0 Å². The molecule has 1 aliphatic rings. The number of methoxy groups -OCH3 is 1. The molecule has 3 aromatic rings. The predicted molar refractivity (Wildman–Crippen MR) is 116 cm³/mol. The molecule has 3 heterocycles. The van der Waals surface area contributed by atoms with Crippen LogP contribution in [-0.2, 0) is 16.9 Å². The summed E-state index contributed by atoms with van der Waals surface area (Å²) in [5.74, 6) is 0.596. The van der Waals surface area contributed by atoms with Gasteiger partial charge in [0, 0.05) is 50.2 Å². The van der Waals surface area contributed by atoms with Crippen molar-refractivity contribution < 1.29 is 4.74 Å². The van der Waals surface area contributed by atoms with Crippen LogP contribution in [-0.4, -0.2) is 53.2 Å². The highest BCUT2D eigenvalue weighted by Gasteiger charge is 2.35. The molecule has 1 fully saturated rings. The number of fused-ring (bicyclic) bond motifs is 1. The molecule has 154 valence electrons. The first kappa shape index (κ1) is 19.8. The first-order valence-corrected chi connectivity index (χ1v) is 10.3. The Morgan fingerprint density at radius 1 is 1.17 bits per heavy atom. The number of piperidine rings is 1. The van der Waals surface area contributed by atoms with Gasteiger partial charge in [0.15, 0.2) is 0 Å². The van der Waals surface area contributed by atoms with E-state index in [1.54, 1.807) is 0 Å². The summed E-state index contributed by atoms with van der Waals surface area (Å²) in [6, 6.07) is 10.5. The van der Waals surface area contributed by atoms with Crippen LogP contribution < -0.4 is 11.1 Å². The minimum atomic E-state index is -0.190. The summed E-state index contributed by atoms with van der Waals surface area (Å²) in [4.78, 5) is 11.5. The van der Waals surface area contributed by atoms with Crippen molar-refractivity contribution in [3.05, 3.63) is 48.3 Å². The normalized spacial score (nSPS) is 16.9. The number of anilines is 2. The maximum atomic E-state index is 5.97. The van der Waals surface area contributed by atoms with Crippen LogP contribution in [0.25, 0.3) is 11.0 Å². The number of nitrogens with one attached hydrogen (secondary N) is 1. The van der Waals surface area contributed by atoms with Crippen LogP contribution in [0.2, 0.25) is 0 Å². The van der Waals surface area contributed by atoms with Gasteiger partial charge in [-0.15, -0.1) is 0 Å². The van der Waals surface area contributed by atoms with Crippen molar-refractivity contribution in [2.45, 2.75) is 31.4 Å². The lowest BCUT2D eigenvalue weighted by molar-refractivity contribution is -0.0585. The van der Waals surface area contributed by atoms with E-state index in [1.807, 2.05) is 25.6 Å². The number of nitrogens with zero attached hydrogens (tertiary/aromatic N) is 4. The van der Waals surface area contributed by atoms with Gasteiger partial charge in [-0.25, -0.2) is 4.98 Å². The molecule has 29 heavy (non-hydrogen) atoms. The average Bonchev–Trinajstić information content (AvgIpc) is 3.16. The number of likely N-dealkylation sites (tertiary alicyclic amines) is 1. The van der Waals surface area contributed by atoms with E-state index in [0.29, 0.717) is 12.5 Å². The summed E-state index contributed by atoms with van der Waals surface area (Å²) >= 11 is 0. The van der Waals surface area contributed by atoms with Gasteiger partial charge >= 0.3 is 0 Å². The summed E-state index contributed by atoms with van der Waals surface area (Å²) in [6.07, 6.45) is 6.84. The highest BCUT2D eigenvalue weighted by Crippen LogP contribution is 2.36. The smallest absolute Gasteiger partial charge is 0.229 e. The zero-order chi connectivity index (χ0) is 20.3. The summed E-state index contributed by atoms with van der Waals surface area (Å²) in [7, 11) is 3.98. The van der Waals surface area contributed by atoms with Gasteiger partial charge in [0.1, 0.15) is 5.65 Å². The number of hydrogen-bond acceptors (Lipinski definition) is 6. The Morgan fingerprint density at radius 3 is 2.62 bits per heavy atom. The second-order valence-electron chi connectivity index (χ2n) is 7.83. The van der Waals surface area contributed by atoms with Crippen molar-refractivity contribution in [2.75, 3.05) is 39.1 Å². The molecule has 2 aromatic heterocycles. The topological polar surface area (TPSA) is 81.2 Å². The fourth-order valence-corrected chi connectivity index (χ4v) is 4.05. The van der Waals surface area contributed by atoms with Crippen molar-refractivity contribution in [3.63, 3.8) is 0 Å². The Balaban J connectivity index is 1.51. The molecule has 7 heteroatoms. The third-order valence-corrected chi connectivity index (χ3v) is 5.96. The van der Waals surface area contributed by atoms with E-state index in [9.17, 15) is 0 Å². The summed E-state index contributed by atoms with van der Waals surface area (Å²) in [5.41, 5.74) is 8.57. The van der Waals surface area contributed by atoms with Gasteiger partial charge in [-0.3, -0.25) is 0 Å². The molecule has 0 saturated carbocycles. The molecule has 3 N–H and O–H groups in total. The lowest BCUT2D eigenvalue weighted by Gasteiger charge is -2.40. The lowest BCUT2D eigenvalue weighted by atomic mass is 9.84. The molecule has 0 bridgehead atoms. The monoisotopic (exact) mass is 394 g/mol. The van der Waals surface area contributed by atoms with E-state index < -0.39 is 0 Å². The van der Waals surface area contributed by atoms with Gasteiger partial charge in [0.05, 0.1) is 5.60 Å². The van der Waals surface area contributed by atoms with Crippen LogP contribution in [0.4, 0.5) is 11.6 Å². The number of rotatable bonds is 7. The highest BCUT2D eigenvalue weighted by molar-refractivity contribution is 5.76. The molecular formula is C22H30N6O. The van der Waals surface area contributed by atoms with Crippen LogP contribution in [0.15, 0.2) is 42.7 Å². The number of nitrogens with two attached hydrogens (primary N) is 1. The first-order valence-electron chi connectivity index (χ1n) is 10.3. The fraction of sp³-hybridized carbons (Fsp3) is 0.455. The summed E-state index contributed by atoms with van der Waals surface area (Å²) in [5, 5.41) is 4.36. The first-order chi connectivity index (χ1) is 14.1. The molecule has 7 nitrogen and oxygen atoms in total. The Hall–Kier alpha value is -2.48. The molecule has 1 aromatic carbocycles. The maximum Gasteiger partial charge on any atom is 0.229 e. The molecular weight excluding hydrogens is 364 g/mol. The number of aryl methyl sites for hydroxylation is 1. The quantitative estimate of drug-likeness (QED) is 0.641. The maximum absolute atomic E-state index is 5.97. The predicted octanol–water partition coefficient (Wildman–Crippen LogP) is 3.09. The minimum absolute atomic E-state index is 0.190. The van der Waals surface area contributed by atoms with E-state index in [4.69, 9.17) is 15.5 Å². The van der Waals surface area contributed by atoms with Gasteiger partial charge < -0.3 is 25.3 Å². The minimum Gasteiger partial charge on any atom is -0.373 e. The SMILES string of the molecule is COC1(c2ccc(Nc3ncc4ccn(CCCN)c4n3)cc2)CCN(C)CC1. The molecule has 4 rings (SSSR count). The van der Waals surface area contributed by atoms with Crippen molar-refractivity contribution in [1.82, 2.24) is 19.4 Å². The van der Waals surface area contributed by atoms with E-state index in [1.165, 1.54) is 5.56 Å². The second-order valence-corrected chi connectivity index (χ2v) is 7.83. The number of hydrogen-bond donors (Lipinski definition) is 2. The van der Waals surface area contributed by atoms with Gasteiger partial charge in [-0.2, -0.15) is 4.98 Å². The molecule has 0 amide bonds. The lowest BCUT2D eigenvalue weighted by Crippen LogP contribution is -2.42. The Bertz CT molecular complexity index is 944. The van der Waals surface area contributed by atoms with Crippen LogP contribution in [0.3, 0.4) is 0 Å². The zero-order valence-electron chi connectivity index (χ0n) is 17.3. The Kier molecular flexibility index (Phi) is 5.80. The van der Waals surface area contributed by atoms with Crippen LogP contribution in [0.1, 0.15) is 24.8 Å². The van der Waals surface area contributed by atoms with E-state index >= 15 is 0 Å². The van der Waals surface area contributed by atoms with Crippen molar-refractivity contribution in [2.24, 2.45) is 5.73 Å². The van der Waals surface area contributed by atoms with Crippen LogP contribution >= 0.6 is 0 Å². The number of aromatic nitrogens is 3.